The van der Waals surface area contributed by atoms with Gasteiger partial charge in [0, 0.05) is 4.90 Å². The predicted octanol–water partition coefficient (Wildman–Crippen LogP) is 3.68. The van der Waals surface area contributed by atoms with Crippen LogP contribution in [0.1, 0.15) is 17.5 Å². The van der Waals surface area contributed by atoms with Crippen molar-refractivity contribution in [1.82, 2.24) is 0 Å². The number of aryl methyl sites for hydroxylation is 2. The van der Waals surface area contributed by atoms with Crippen LogP contribution in [0.2, 0.25) is 0 Å². The molecule has 0 bridgehead atoms. The fourth-order valence-corrected chi connectivity index (χ4v) is 2.50. The second-order valence-corrected chi connectivity index (χ2v) is 5.25. The lowest BCUT2D eigenvalue weighted by Crippen LogP contribution is -2.28. The average Bonchev–Trinajstić information content (AvgIpc) is 2.21. The van der Waals surface area contributed by atoms with Crippen LogP contribution in [0.25, 0.3) is 0 Å². The molecular formula is C12H16F3NS. The maximum absolute atomic E-state index is 12.7. The van der Waals surface area contributed by atoms with Crippen molar-refractivity contribution in [1.29, 1.82) is 0 Å². The van der Waals surface area contributed by atoms with Gasteiger partial charge in [-0.2, -0.15) is 13.2 Å². The highest BCUT2D eigenvalue weighted by atomic mass is 32.2. The molecule has 0 saturated heterocycles. The van der Waals surface area contributed by atoms with Crippen molar-refractivity contribution in [2.75, 3.05) is 6.54 Å². The van der Waals surface area contributed by atoms with E-state index >= 15 is 0 Å². The number of nitrogens with two attached hydrogens (primary N) is 1. The van der Waals surface area contributed by atoms with E-state index in [1.54, 1.807) is 12.1 Å². The molecule has 96 valence electrons. The van der Waals surface area contributed by atoms with Crippen molar-refractivity contribution in [3.8, 4) is 0 Å². The van der Waals surface area contributed by atoms with Crippen molar-refractivity contribution >= 4 is 11.8 Å². The zero-order chi connectivity index (χ0) is 13.1. The van der Waals surface area contributed by atoms with Crippen molar-refractivity contribution in [2.24, 2.45) is 5.73 Å². The summed E-state index contributed by atoms with van der Waals surface area (Å²) in [7, 11) is 0. The average molecular weight is 263 g/mol. The lowest BCUT2D eigenvalue weighted by molar-refractivity contribution is -0.129. The Morgan fingerprint density at radius 2 is 1.88 bits per heavy atom. The molecule has 1 aromatic rings. The second-order valence-electron chi connectivity index (χ2n) is 3.97. The largest absolute Gasteiger partial charge is 0.400 e. The molecule has 0 saturated carbocycles. The minimum absolute atomic E-state index is 0.0437. The molecule has 0 aliphatic heterocycles. The maximum Gasteiger partial charge on any atom is 0.400 e. The first-order chi connectivity index (χ1) is 7.84. The molecular weight excluding hydrogens is 247 g/mol. The van der Waals surface area contributed by atoms with Crippen molar-refractivity contribution in [3.05, 3.63) is 29.3 Å². The molecule has 1 aromatic carbocycles. The maximum atomic E-state index is 12.7. The summed E-state index contributed by atoms with van der Waals surface area (Å²) in [5.74, 6) is 0. The second kappa shape index (κ2) is 5.78. The highest BCUT2D eigenvalue weighted by Crippen LogP contribution is 2.37. The Kier molecular flexibility index (Phi) is 4.89. The molecule has 1 nitrogen and oxygen atoms in total. The molecule has 1 atom stereocenters. The van der Waals surface area contributed by atoms with Gasteiger partial charge in [-0.15, -0.1) is 11.8 Å². The molecule has 17 heavy (non-hydrogen) atoms. The van der Waals surface area contributed by atoms with Gasteiger partial charge in [0.15, 0.2) is 0 Å². The first kappa shape index (κ1) is 14.4. The van der Waals surface area contributed by atoms with Crippen LogP contribution in [-0.2, 0) is 0 Å². The third kappa shape index (κ3) is 4.24. The molecule has 1 rings (SSSR count). The van der Waals surface area contributed by atoms with E-state index in [9.17, 15) is 13.2 Å². The van der Waals surface area contributed by atoms with Gasteiger partial charge in [-0.3, -0.25) is 0 Å². The van der Waals surface area contributed by atoms with Gasteiger partial charge in [0.05, 0.1) is 0 Å². The minimum Gasteiger partial charge on any atom is -0.330 e. The highest BCUT2D eigenvalue weighted by molar-refractivity contribution is 8.00. The van der Waals surface area contributed by atoms with Crippen molar-refractivity contribution in [3.63, 3.8) is 0 Å². The zero-order valence-electron chi connectivity index (χ0n) is 9.84. The van der Waals surface area contributed by atoms with Crippen molar-refractivity contribution in [2.45, 2.75) is 36.6 Å². The molecule has 5 heteroatoms. The molecule has 0 heterocycles. The van der Waals surface area contributed by atoms with Gasteiger partial charge < -0.3 is 5.73 Å². The third-order valence-electron chi connectivity index (χ3n) is 2.55. The summed E-state index contributed by atoms with van der Waals surface area (Å²) in [4.78, 5) is 0.642. The van der Waals surface area contributed by atoms with E-state index in [-0.39, 0.29) is 13.0 Å². The molecule has 0 aliphatic carbocycles. The van der Waals surface area contributed by atoms with Crippen LogP contribution in [-0.4, -0.2) is 18.0 Å². The van der Waals surface area contributed by atoms with Crippen LogP contribution in [0.15, 0.2) is 23.1 Å². The Bertz CT molecular complexity index is 377. The van der Waals surface area contributed by atoms with Crippen LogP contribution < -0.4 is 5.73 Å². The Morgan fingerprint density at radius 3 is 2.35 bits per heavy atom. The van der Waals surface area contributed by atoms with E-state index in [0.29, 0.717) is 4.90 Å². The van der Waals surface area contributed by atoms with E-state index in [1.165, 1.54) is 0 Å². The van der Waals surface area contributed by atoms with E-state index in [0.717, 1.165) is 22.9 Å². The fourth-order valence-electron chi connectivity index (χ4n) is 1.39. The van der Waals surface area contributed by atoms with Crippen LogP contribution >= 0.6 is 11.8 Å². The molecule has 0 aliphatic rings. The summed E-state index contributed by atoms with van der Waals surface area (Å²) in [6.07, 6.45) is -4.26. The number of alkyl halides is 3. The number of hydrogen-bond donors (Lipinski definition) is 1. The molecule has 0 fully saturated rings. The molecule has 0 aromatic heterocycles. The first-order valence-electron chi connectivity index (χ1n) is 5.35. The van der Waals surface area contributed by atoms with Gasteiger partial charge in [0.2, 0.25) is 0 Å². The normalized spacial score (nSPS) is 13.8. The van der Waals surface area contributed by atoms with Gasteiger partial charge in [-0.1, -0.05) is 6.07 Å². The summed E-state index contributed by atoms with van der Waals surface area (Å²) in [5, 5.41) is -1.42. The lowest BCUT2D eigenvalue weighted by Gasteiger charge is -2.19. The zero-order valence-corrected chi connectivity index (χ0v) is 10.7. The van der Waals surface area contributed by atoms with E-state index in [2.05, 4.69) is 0 Å². The summed E-state index contributed by atoms with van der Waals surface area (Å²) in [6.45, 7) is 3.87. The van der Waals surface area contributed by atoms with E-state index < -0.39 is 11.4 Å². The molecule has 0 spiro atoms. The van der Waals surface area contributed by atoms with Crippen LogP contribution in [0.3, 0.4) is 0 Å². The Balaban J connectivity index is 2.82. The van der Waals surface area contributed by atoms with Gasteiger partial charge >= 0.3 is 6.18 Å². The topological polar surface area (TPSA) is 26.0 Å². The highest BCUT2D eigenvalue weighted by Gasteiger charge is 2.39. The number of benzene rings is 1. The van der Waals surface area contributed by atoms with Gasteiger partial charge in [0.25, 0.3) is 0 Å². The summed E-state index contributed by atoms with van der Waals surface area (Å²) >= 11 is 0.838. The van der Waals surface area contributed by atoms with Crippen molar-refractivity contribution < 1.29 is 13.2 Å². The van der Waals surface area contributed by atoms with E-state index in [4.69, 9.17) is 5.73 Å². The molecule has 1 unspecified atom stereocenters. The van der Waals surface area contributed by atoms with E-state index in [1.807, 2.05) is 19.9 Å². The van der Waals surface area contributed by atoms with Gasteiger partial charge in [-0.25, -0.2) is 0 Å². The Hall–Kier alpha value is -0.680. The monoisotopic (exact) mass is 263 g/mol. The third-order valence-corrected chi connectivity index (χ3v) is 3.86. The van der Waals surface area contributed by atoms with Crippen LogP contribution in [0, 0.1) is 13.8 Å². The molecule has 2 N–H and O–H groups in total. The number of halogens is 3. The van der Waals surface area contributed by atoms with Gasteiger partial charge in [-0.05, 0) is 50.1 Å². The first-order valence-corrected chi connectivity index (χ1v) is 6.23. The van der Waals surface area contributed by atoms with Crippen LogP contribution in [0.5, 0.6) is 0 Å². The standard InChI is InChI=1S/C12H16F3NS/c1-8-3-4-10(7-9(8)2)17-11(5-6-16)12(13,14)15/h3-4,7,11H,5-6,16H2,1-2H3. The minimum atomic E-state index is -4.21. The number of thioether (sulfide) groups is 1. The predicted molar refractivity (Wildman–Crippen MR) is 65.3 cm³/mol. The molecule has 0 amide bonds. The quantitative estimate of drug-likeness (QED) is 0.839. The van der Waals surface area contributed by atoms with Crippen LogP contribution in [0.4, 0.5) is 13.2 Å². The SMILES string of the molecule is Cc1ccc(SC(CCN)C(F)(F)F)cc1C. The summed E-state index contributed by atoms with van der Waals surface area (Å²) in [5.41, 5.74) is 7.30. The smallest absolute Gasteiger partial charge is 0.330 e. The lowest BCUT2D eigenvalue weighted by atomic mass is 10.1. The Labute approximate surface area is 104 Å². The number of hydrogen-bond acceptors (Lipinski definition) is 2. The van der Waals surface area contributed by atoms with Gasteiger partial charge in [0.1, 0.15) is 5.25 Å². The summed E-state index contributed by atoms with van der Waals surface area (Å²) < 4.78 is 38.1. The fraction of sp³-hybridized carbons (Fsp3) is 0.500. The molecule has 0 radical (unpaired) electrons. The number of rotatable bonds is 4. The Morgan fingerprint density at radius 1 is 1.24 bits per heavy atom. The summed E-state index contributed by atoms with van der Waals surface area (Å²) in [6, 6.07) is 5.35.